The fraction of sp³-hybridized carbons (Fsp3) is 0.133. The molecule has 0 aliphatic carbocycles. The van der Waals surface area contributed by atoms with Gasteiger partial charge in [0.1, 0.15) is 5.69 Å². The SMILES string of the molecule is CN(OCc1ccccc1)c1ccc(C#N)cc1[N+](=O)[O-]. The van der Waals surface area contributed by atoms with Crippen molar-refractivity contribution < 1.29 is 9.76 Å². The highest BCUT2D eigenvalue weighted by Crippen LogP contribution is 2.28. The van der Waals surface area contributed by atoms with Gasteiger partial charge in [0.2, 0.25) is 0 Å². The Hall–Kier alpha value is -2.91. The summed E-state index contributed by atoms with van der Waals surface area (Å²) in [5.41, 5.74) is 1.34. The maximum atomic E-state index is 11.1. The molecule has 0 radical (unpaired) electrons. The third kappa shape index (κ3) is 3.55. The molecule has 2 rings (SSSR count). The number of benzene rings is 2. The Bertz CT molecular complexity index is 680. The van der Waals surface area contributed by atoms with Crippen LogP contribution in [-0.4, -0.2) is 12.0 Å². The molecule has 0 fully saturated rings. The minimum atomic E-state index is -0.529. The van der Waals surface area contributed by atoms with Crippen molar-refractivity contribution in [3.05, 3.63) is 69.8 Å². The van der Waals surface area contributed by atoms with Crippen LogP contribution in [0, 0.1) is 21.4 Å². The lowest BCUT2D eigenvalue weighted by atomic mass is 10.2. The van der Waals surface area contributed by atoms with E-state index in [0.717, 1.165) is 5.56 Å². The van der Waals surface area contributed by atoms with Crippen LogP contribution in [0.1, 0.15) is 11.1 Å². The van der Waals surface area contributed by atoms with Gasteiger partial charge in [-0.05, 0) is 17.7 Å². The van der Waals surface area contributed by atoms with Crippen LogP contribution in [0.4, 0.5) is 11.4 Å². The number of hydrogen-bond acceptors (Lipinski definition) is 5. The van der Waals surface area contributed by atoms with Crippen molar-refractivity contribution in [1.29, 1.82) is 5.26 Å². The molecule has 0 bridgehead atoms. The minimum Gasteiger partial charge on any atom is -0.269 e. The summed E-state index contributed by atoms with van der Waals surface area (Å²) in [4.78, 5) is 16.1. The van der Waals surface area contributed by atoms with Crippen LogP contribution in [0.5, 0.6) is 0 Å². The van der Waals surface area contributed by atoms with E-state index in [-0.39, 0.29) is 11.3 Å². The van der Waals surface area contributed by atoms with E-state index in [4.69, 9.17) is 10.1 Å². The lowest BCUT2D eigenvalue weighted by Crippen LogP contribution is -2.18. The Labute approximate surface area is 121 Å². The second-order valence-electron chi connectivity index (χ2n) is 4.33. The topological polar surface area (TPSA) is 79.4 Å². The first-order valence-corrected chi connectivity index (χ1v) is 6.21. The van der Waals surface area contributed by atoms with E-state index in [1.165, 1.54) is 23.3 Å². The van der Waals surface area contributed by atoms with Crippen molar-refractivity contribution in [3.8, 4) is 6.07 Å². The van der Waals surface area contributed by atoms with Gasteiger partial charge < -0.3 is 0 Å². The number of hydroxylamine groups is 1. The fourth-order valence-corrected chi connectivity index (χ4v) is 1.82. The molecule has 21 heavy (non-hydrogen) atoms. The molecule has 0 saturated carbocycles. The molecular formula is C15H13N3O3. The molecule has 0 N–H and O–H groups in total. The van der Waals surface area contributed by atoms with Crippen LogP contribution >= 0.6 is 0 Å². The van der Waals surface area contributed by atoms with Gasteiger partial charge in [-0.1, -0.05) is 30.3 Å². The highest BCUT2D eigenvalue weighted by Gasteiger charge is 2.18. The summed E-state index contributed by atoms with van der Waals surface area (Å²) in [6.45, 7) is 0.300. The number of nitriles is 1. The second kappa shape index (κ2) is 6.50. The number of anilines is 1. The third-order valence-electron chi connectivity index (χ3n) is 2.91. The number of rotatable bonds is 5. The van der Waals surface area contributed by atoms with Crippen molar-refractivity contribution in [2.75, 3.05) is 12.1 Å². The van der Waals surface area contributed by atoms with Crippen molar-refractivity contribution in [3.63, 3.8) is 0 Å². The predicted molar refractivity (Wildman–Crippen MR) is 77.4 cm³/mol. The van der Waals surface area contributed by atoms with Crippen LogP contribution in [-0.2, 0) is 11.4 Å². The van der Waals surface area contributed by atoms with Gasteiger partial charge in [0.15, 0.2) is 0 Å². The molecule has 2 aromatic carbocycles. The van der Waals surface area contributed by atoms with Crippen molar-refractivity contribution >= 4 is 11.4 Å². The molecule has 0 atom stereocenters. The first-order valence-electron chi connectivity index (χ1n) is 6.21. The predicted octanol–water partition coefficient (Wildman–Crippen LogP) is 3.03. The normalized spacial score (nSPS) is 9.90. The van der Waals surface area contributed by atoms with Crippen molar-refractivity contribution in [2.24, 2.45) is 0 Å². The van der Waals surface area contributed by atoms with Crippen LogP contribution in [0.3, 0.4) is 0 Å². The van der Waals surface area contributed by atoms with Gasteiger partial charge in [0.05, 0.1) is 23.2 Å². The lowest BCUT2D eigenvalue weighted by Gasteiger charge is -2.18. The Kier molecular flexibility index (Phi) is 4.49. The van der Waals surface area contributed by atoms with Crippen LogP contribution in [0.2, 0.25) is 0 Å². The monoisotopic (exact) mass is 283 g/mol. The first kappa shape index (κ1) is 14.5. The summed E-state index contributed by atoms with van der Waals surface area (Å²) in [6.07, 6.45) is 0. The number of hydrogen-bond donors (Lipinski definition) is 0. The van der Waals surface area contributed by atoms with Crippen molar-refractivity contribution in [2.45, 2.75) is 6.61 Å². The average Bonchev–Trinajstić information content (AvgIpc) is 2.52. The van der Waals surface area contributed by atoms with E-state index >= 15 is 0 Å². The second-order valence-corrected chi connectivity index (χ2v) is 4.33. The van der Waals surface area contributed by atoms with Gasteiger partial charge in [0.25, 0.3) is 5.69 Å². The van der Waals surface area contributed by atoms with E-state index in [2.05, 4.69) is 0 Å². The van der Waals surface area contributed by atoms with Crippen LogP contribution in [0.25, 0.3) is 0 Å². The highest BCUT2D eigenvalue weighted by molar-refractivity contribution is 5.64. The van der Waals surface area contributed by atoms with Gasteiger partial charge in [0, 0.05) is 13.1 Å². The fourth-order valence-electron chi connectivity index (χ4n) is 1.82. The standard InChI is InChI=1S/C15H13N3O3/c1-17(21-11-12-5-3-2-4-6-12)14-8-7-13(10-16)9-15(14)18(19)20/h2-9H,11H2,1H3. The lowest BCUT2D eigenvalue weighted by molar-refractivity contribution is -0.384. The quantitative estimate of drug-likeness (QED) is 0.622. The molecule has 0 aromatic heterocycles. The Morgan fingerprint density at radius 1 is 1.29 bits per heavy atom. The first-order chi connectivity index (χ1) is 10.1. The maximum absolute atomic E-state index is 11.1. The smallest absolute Gasteiger partial charge is 0.269 e. The zero-order valence-electron chi connectivity index (χ0n) is 11.4. The summed E-state index contributed by atoms with van der Waals surface area (Å²) in [6, 6.07) is 15.6. The van der Waals surface area contributed by atoms with Gasteiger partial charge in [-0.3, -0.25) is 15.0 Å². The average molecular weight is 283 g/mol. The van der Waals surface area contributed by atoms with Crippen LogP contribution < -0.4 is 5.06 Å². The number of nitrogens with zero attached hydrogens (tertiary/aromatic N) is 3. The van der Waals surface area contributed by atoms with E-state index in [0.29, 0.717) is 12.3 Å². The Morgan fingerprint density at radius 3 is 2.62 bits per heavy atom. The van der Waals surface area contributed by atoms with E-state index < -0.39 is 4.92 Å². The number of nitro groups is 1. The highest BCUT2D eigenvalue weighted by atomic mass is 16.7. The van der Waals surface area contributed by atoms with Crippen LogP contribution in [0.15, 0.2) is 48.5 Å². The summed E-state index contributed by atoms with van der Waals surface area (Å²) in [7, 11) is 1.59. The molecular weight excluding hydrogens is 270 g/mol. The zero-order valence-corrected chi connectivity index (χ0v) is 11.4. The molecule has 0 amide bonds. The molecule has 6 heteroatoms. The van der Waals surface area contributed by atoms with E-state index in [9.17, 15) is 10.1 Å². The minimum absolute atomic E-state index is 0.162. The summed E-state index contributed by atoms with van der Waals surface area (Å²) >= 11 is 0. The molecule has 2 aromatic rings. The third-order valence-corrected chi connectivity index (χ3v) is 2.91. The molecule has 0 heterocycles. The van der Waals surface area contributed by atoms with Gasteiger partial charge in [-0.15, -0.1) is 0 Å². The maximum Gasteiger partial charge on any atom is 0.296 e. The largest absolute Gasteiger partial charge is 0.296 e. The van der Waals surface area contributed by atoms with E-state index in [1.807, 2.05) is 36.4 Å². The van der Waals surface area contributed by atoms with Gasteiger partial charge >= 0.3 is 0 Å². The molecule has 6 nitrogen and oxygen atoms in total. The Balaban J connectivity index is 2.17. The zero-order chi connectivity index (χ0) is 15.2. The molecule has 106 valence electrons. The molecule has 0 spiro atoms. The Morgan fingerprint density at radius 2 is 2.00 bits per heavy atom. The summed E-state index contributed by atoms with van der Waals surface area (Å²) in [5.74, 6) is 0. The molecule has 0 aliphatic heterocycles. The van der Waals surface area contributed by atoms with Crippen molar-refractivity contribution in [1.82, 2.24) is 0 Å². The van der Waals surface area contributed by atoms with Gasteiger partial charge in [-0.25, -0.2) is 5.06 Å². The molecule has 0 aliphatic rings. The molecule has 0 saturated heterocycles. The summed E-state index contributed by atoms with van der Waals surface area (Å²) < 4.78 is 0. The number of nitro benzene ring substituents is 1. The van der Waals surface area contributed by atoms with E-state index in [1.54, 1.807) is 7.05 Å². The molecule has 0 unspecified atom stereocenters. The van der Waals surface area contributed by atoms with Gasteiger partial charge in [-0.2, -0.15) is 5.26 Å². The summed E-state index contributed by atoms with van der Waals surface area (Å²) in [5, 5.41) is 21.2.